The fourth-order valence-corrected chi connectivity index (χ4v) is 8.63. The van der Waals surface area contributed by atoms with Crippen molar-refractivity contribution in [3.8, 4) is 0 Å². The standard InChI is InChI=1S/C45H73NO12/c1-28-15-18-34(48)23-35-13-12-14-36(57-35)24-39(53-9)45(26-56-45)40(54-10)25-38(52-8)32(5)44(58-41(50)20-16-28)33(6)42(51)29(2)17-19-37(49)31(4)43(55-11)30(3)21-22-46(7)27-47/h12-13,15-16,20-22,27,29-36,38-40,42-44,48,51H,14,17-19,23-26H2,1-11H3/b20-16?,22-21+,28-15?/t29-,30+,31-,32-,33-,34-,35-,36-,38+,39-,40-,42-,43+,44-,45-/m0/s1. The highest BCUT2D eigenvalue weighted by Gasteiger charge is 2.59. The molecular weight excluding hydrogens is 746 g/mol. The number of ketones is 1. The molecule has 2 N–H and O–H groups in total. The molecule has 3 aliphatic heterocycles. The van der Waals surface area contributed by atoms with E-state index in [2.05, 4.69) is 6.08 Å². The van der Waals surface area contributed by atoms with Crippen molar-refractivity contribution in [3.63, 3.8) is 0 Å². The number of Topliss-reactive ketones (excluding diaryl/α,β-unsaturated/α-hetero) is 1. The Hall–Kier alpha value is -2.75. The summed E-state index contributed by atoms with van der Waals surface area (Å²) < 4.78 is 42.8. The Kier molecular flexibility index (Phi) is 20.4. The summed E-state index contributed by atoms with van der Waals surface area (Å²) in [4.78, 5) is 39.4. The lowest BCUT2D eigenvalue weighted by Gasteiger charge is -2.39. The molecule has 3 heterocycles. The molecule has 0 saturated carbocycles. The Balaban J connectivity index is 1.86. The van der Waals surface area contributed by atoms with E-state index in [0.29, 0.717) is 51.5 Å². The van der Waals surface area contributed by atoms with Crippen LogP contribution in [0.2, 0.25) is 0 Å². The van der Waals surface area contributed by atoms with E-state index in [1.165, 1.54) is 11.0 Å². The van der Waals surface area contributed by atoms with Gasteiger partial charge in [0.2, 0.25) is 6.41 Å². The van der Waals surface area contributed by atoms with E-state index in [-0.39, 0.29) is 42.4 Å². The smallest absolute Gasteiger partial charge is 0.331 e. The topological polar surface area (TPSA) is 163 Å². The largest absolute Gasteiger partial charge is 0.458 e. The van der Waals surface area contributed by atoms with Crippen molar-refractivity contribution in [2.75, 3.05) is 42.1 Å². The lowest BCUT2D eigenvalue weighted by molar-refractivity contribution is -0.159. The quantitative estimate of drug-likeness (QED) is 0.0888. The van der Waals surface area contributed by atoms with Crippen LogP contribution in [0.1, 0.15) is 86.5 Å². The van der Waals surface area contributed by atoms with Gasteiger partial charge in [-0.15, -0.1) is 0 Å². The van der Waals surface area contributed by atoms with Crippen LogP contribution in [0.15, 0.2) is 48.2 Å². The Morgan fingerprint density at radius 3 is 2.31 bits per heavy atom. The second kappa shape index (κ2) is 23.9. The molecule has 1 amide bonds. The van der Waals surface area contributed by atoms with Crippen molar-refractivity contribution < 1.29 is 57.8 Å². The average molecular weight is 820 g/mol. The van der Waals surface area contributed by atoms with Crippen molar-refractivity contribution in [2.24, 2.45) is 29.6 Å². The molecule has 15 atom stereocenters. The van der Waals surface area contributed by atoms with Crippen molar-refractivity contribution in [1.29, 1.82) is 0 Å². The molecule has 2 bridgehead atoms. The Morgan fingerprint density at radius 1 is 1.03 bits per heavy atom. The maximum Gasteiger partial charge on any atom is 0.331 e. The van der Waals surface area contributed by atoms with Crippen molar-refractivity contribution in [3.05, 3.63) is 48.2 Å². The molecule has 0 unspecified atom stereocenters. The monoisotopic (exact) mass is 820 g/mol. The normalized spacial score (nSPS) is 33.3. The minimum atomic E-state index is -0.931. The number of aliphatic hydroxyl groups excluding tert-OH is 2. The second-order valence-corrected chi connectivity index (χ2v) is 16.9. The Labute approximate surface area is 347 Å². The summed E-state index contributed by atoms with van der Waals surface area (Å²) in [6.07, 6.45) is 11.9. The molecular formula is C45H73NO12. The number of esters is 1. The summed E-state index contributed by atoms with van der Waals surface area (Å²) in [5.74, 6) is -2.39. The summed E-state index contributed by atoms with van der Waals surface area (Å²) in [5.41, 5.74) is 0.0428. The molecule has 3 rings (SSSR count). The molecule has 13 nitrogen and oxygen atoms in total. The van der Waals surface area contributed by atoms with E-state index in [1.807, 2.05) is 59.8 Å². The Bertz CT molecular complexity index is 1410. The summed E-state index contributed by atoms with van der Waals surface area (Å²) in [6.45, 7) is 11.8. The SMILES string of the molecule is CO[C@H]([C@H](C)/C=C/N(C)C=O)[C@@H](C)C(=O)CC[C@H](C)[C@H](O)[C@H](C)[C@H]1OC(=O)C=CC(C)=CC[C@H](O)C[C@@H]2C=CC[C@@H](C[C@H](OC)[C@@]3(CO3)[C@@H](OC)C[C@@H](OC)[C@@H]1C)O2. The van der Waals surface area contributed by atoms with Gasteiger partial charge in [0.05, 0.1) is 55.4 Å². The molecule has 0 aromatic carbocycles. The lowest BCUT2D eigenvalue weighted by atomic mass is 9.78. The number of aliphatic hydroxyl groups is 2. The molecule has 0 radical (unpaired) electrons. The zero-order chi connectivity index (χ0) is 43.2. The number of epoxide rings is 1. The molecule has 3 aliphatic rings. The highest BCUT2D eigenvalue weighted by molar-refractivity contribution is 5.82. The lowest BCUT2D eigenvalue weighted by Crippen LogP contribution is -2.50. The maximum atomic E-state index is 13.5. The van der Waals surface area contributed by atoms with E-state index in [0.717, 1.165) is 5.57 Å². The zero-order valence-corrected chi connectivity index (χ0v) is 36.8. The van der Waals surface area contributed by atoms with Gasteiger partial charge < -0.3 is 48.3 Å². The van der Waals surface area contributed by atoms with Crippen LogP contribution in [0, 0.1) is 29.6 Å². The fraction of sp³-hybridized carbons (Fsp3) is 0.756. The number of allylic oxidation sites excluding steroid dienone is 2. The van der Waals surface area contributed by atoms with Gasteiger partial charge in [-0.05, 0) is 32.1 Å². The van der Waals surface area contributed by atoms with Gasteiger partial charge in [-0.2, -0.15) is 0 Å². The van der Waals surface area contributed by atoms with E-state index in [1.54, 1.807) is 47.8 Å². The number of fused-ring (bicyclic) bond motifs is 2. The van der Waals surface area contributed by atoms with Gasteiger partial charge in [0.15, 0.2) is 0 Å². The third-order valence-electron chi connectivity index (χ3n) is 12.6. The van der Waals surface area contributed by atoms with Gasteiger partial charge in [0.25, 0.3) is 0 Å². The number of nitrogens with zero attached hydrogens (tertiary/aromatic N) is 1. The van der Waals surface area contributed by atoms with Crippen molar-refractivity contribution >= 4 is 18.2 Å². The molecule has 1 fully saturated rings. The van der Waals surface area contributed by atoms with E-state index >= 15 is 0 Å². The number of carbonyl (C=O) groups excluding carboxylic acids is 3. The summed E-state index contributed by atoms with van der Waals surface area (Å²) in [6, 6.07) is 0. The number of rotatable bonds is 16. The number of hydrogen-bond acceptors (Lipinski definition) is 12. The summed E-state index contributed by atoms with van der Waals surface area (Å²) >= 11 is 0. The number of amides is 1. The predicted octanol–water partition coefficient (Wildman–Crippen LogP) is 5.37. The number of ether oxygens (including phenoxy) is 7. The van der Waals surface area contributed by atoms with Crippen LogP contribution in [-0.2, 0) is 47.5 Å². The van der Waals surface area contributed by atoms with Gasteiger partial charge in [-0.3, -0.25) is 9.59 Å². The van der Waals surface area contributed by atoms with Gasteiger partial charge in [0, 0.05) is 97.1 Å². The zero-order valence-electron chi connectivity index (χ0n) is 36.8. The number of methoxy groups -OCH3 is 4. The summed E-state index contributed by atoms with van der Waals surface area (Å²) in [5, 5.41) is 22.7. The molecule has 1 saturated heterocycles. The predicted molar refractivity (Wildman–Crippen MR) is 221 cm³/mol. The van der Waals surface area contributed by atoms with Gasteiger partial charge in [-0.25, -0.2) is 4.79 Å². The van der Waals surface area contributed by atoms with E-state index in [4.69, 9.17) is 33.2 Å². The number of cyclic esters (lactones) is 1. The van der Waals surface area contributed by atoms with Crippen LogP contribution in [0.4, 0.5) is 0 Å². The van der Waals surface area contributed by atoms with E-state index in [9.17, 15) is 24.6 Å². The van der Waals surface area contributed by atoms with Crippen LogP contribution in [0.3, 0.4) is 0 Å². The first-order valence-corrected chi connectivity index (χ1v) is 20.9. The van der Waals surface area contributed by atoms with E-state index < -0.39 is 65.9 Å². The van der Waals surface area contributed by atoms with Gasteiger partial charge in [-0.1, -0.05) is 70.6 Å². The van der Waals surface area contributed by atoms with Crippen molar-refractivity contribution in [1.82, 2.24) is 4.90 Å². The maximum absolute atomic E-state index is 13.5. The highest BCUT2D eigenvalue weighted by Crippen LogP contribution is 2.43. The first-order chi connectivity index (χ1) is 27.5. The minimum absolute atomic E-state index is 0.00734. The molecule has 0 aliphatic carbocycles. The fourth-order valence-electron chi connectivity index (χ4n) is 8.63. The van der Waals surface area contributed by atoms with Crippen LogP contribution in [0.5, 0.6) is 0 Å². The average Bonchev–Trinajstić information content (AvgIpc) is 4.02. The second-order valence-electron chi connectivity index (χ2n) is 16.9. The van der Waals surface area contributed by atoms with Crippen LogP contribution < -0.4 is 0 Å². The van der Waals surface area contributed by atoms with Gasteiger partial charge in [0.1, 0.15) is 17.5 Å². The third kappa shape index (κ3) is 13.9. The minimum Gasteiger partial charge on any atom is -0.458 e. The number of carbonyl (C=O) groups is 3. The third-order valence-corrected chi connectivity index (χ3v) is 12.6. The first kappa shape index (κ1) is 49.6. The summed E-state index contributed by atoms with van der Waals surface area (Å²) in [7, 11) is 8.13. The van der Waals surface area contributed by atoms with Crippen LogP contribution >= 0.6 is 0 Å². The van der Waals surface area contributed by atoms with Crippen LogP contribution in [-0.4, -0.2) is 136 Å². The van der Waals surface area contributed by atoms with Gasteiger partial charge >= 0.3 is 5.97 Å². The molecule has 13 heteroatoms. The highest BCUT2D eigenvalue weighted by atomic mass is 16.6. The first-order valence-electron chi connectivity index (χ1n) is 20.9. The Morgan fingerprint density at radius 2 is 1.71 bits per heavy atom. The molecule has 58 heavy (non-hydrogen) atoms. The molecule has 0 aromatic rings. The number of hydrogen-bond donors (Lipinski definition) is 2. The molecule has 0 aromatic heterocycles. The van der Waals surface area contributed by atoms with Crippen molar-refractivity contribution in [2.45, 2.75) is 147 Å². The molecule has 330 valence electrons. The molecule has 1 spiro atoms. The van der Waals surface area contributed by atoms with Crippen LogP contribution in [0.25, 0.3) is 0 Å².